The highest BCUT2D eigenvalue weighted by Crippen LogP contribution is 2.59. The minimum Gasteiger partial charge on any atom is -0.498 e. The van der Waals surface area contributed by atoms with Gasteiger partial charge in [0.2, 0.25) is 0 Å². The molecule has 4 atom stereocenters. The number of hydrogen-bond acceptors (Lipinski definition) is 4. The number of carbonyl (C=O) groups is 2. The van der Waals surface area contributed by atoms with Crippen LogP contribution in [0, 0.1) is 23.7 Å². The number of likely N-dealkylation sites (tertiary alicyclic amines) is 2. The Hall–Kier alpha value is -1.14. The zero-order valence-corrected chi connectivity index (χ0v) is 16.7. The first-order valence-corrected chi connectivity index (χ1v) is 10.8. The Balaban J connectivity index is 1.53. The third-order valence-electron chi connectivity index (χ3n) is 9.40. The molecule has 6 aliphatic rings. The van der Waals surface area contributed by atoms with E-state index in [0.29, 0.717) is 31.3 Å². The average molecular weight is 376 g/mol. The van der Waals surface area contributed by atoms with Crippen molar-refractivity contribution in [3.8, 4) is 0 Å². The molecule has 0 spiro atoms. The van der Waals surface area contributed by atoms with E-state index in [-0.39, 0.29) is 27.1 Å². The Kier molecular flexibility index (Phi) is 3.49. The van der Waals surface area contributed by atoms with E-state index in [2.05, 4.69) is 0 Å². The second-order valence-corrected chi connectivity index (χ2v) is 11.3. The van der Waals surface area contributed by atoms with Crippen LogP contribution in [0.15, 0.2) is 0 Å². The second kappa shape index (κ2) is 5.26. The van der Waals surface area contributed by atoms with E-state index in [1.165, 1.54) is 32.1 Å². The van der Waals surface area contributed by atoms with Crippen molar-refractivity contribution >= 4 is 12.2 Å². The molecule has 6 fully saturated rings. The van der Waals surface area contributed by atoms with Gasteiger partial charge < -0.3 is 19.8 Å². The number of quaternary nitrogens is 2. The molecule has 0 aromatic carbocycles. The molecule has 2 heterocycles. The van der Waals surface area contributed by atoms with Crippen molar-refractivity contribution in [3.05, 3.63) is 0 Å². The van der Waals surface area contributed by atoms with Crippen LogP contribution in [-0.2, 0) is 0 Å². The number of rotatable bonds is 1. The Morgan fingerprint density at radius 1 is 0.778 bits per heavy atom. The van der Waals surface area contributed by atoms with Gasteiger partial charge in [0.1, 0.15) is 19.1 Å². The molecule has 4 saturated carbocycles. The van der Waals surface area contributed by atoms with Crippen LogP contribution < -0.4 is 10.2 Å². The van der Waals surface area contributed by atoms with Crippen LogP contribution in [-0.4, -0.2) is 57.9 Å². The lowest BCUT2D eigenvalue weighted by atomic mass is 9.53. The fourth-order valence-corrected chi connectivity index (χ4v) is 8.77. The van der Waals surface area contributed by atoms with E-state index in [4.69, 9.17) is 0 Å². The molecule has 6 nitrogen and oxygen atoms in total. The molecule has 2 amide bonds. The van der Waals surface area contributed by atoms with Gasteiger partial charge in [-0.3, -0.25) is 8.97 Å². The fraction of sp³-hybridized carbons (Fsp3) is 0.905. The van der Waals surface area contributed by atoms with Crippen LogP contribution in [0.4, 0.5) is 9.59 Å². The van der Waals surface area contributed by atoms with E-state index >= 15 is 0 Å². The Labute approximate surface area is 161 Å². The van der Waals surface area contributed by atoms with Crippen LogP contribution in [0.25, 0.3) is 0 Å². The van der Waals surface area contributed by atoms with E-state index in [1.807, 2.05) is 20.8 Å². The SMILES string of the molecule is CC(C)(C)[N+]1(C(=O)[O-])C[C@@H]2C[C@H]1C[N+]2(C(=O)[O-])C1C2CC3CC(C2)CC1C3. The van der Waals surface area contributed by atoms with Gasteiger partial charge in [-0.1, -0.05) is 0 Å². The highest BCUT2D eigenvalue weighted by atomic mass is 16.4. The molecular weight excluding hydrogens is 344 g/mol. The summed E-state index contributed by atoms with van der Waals surface area (Å²) in [5, 5.41) is 24.9. The molecule has 0 aromatic rings. The molecule has 0 aromatic heterocycles. The van der Waals surface area contributed by atoms with Gasteiger partial charge in [-0.25, -0.2) is 0 Å². The highest BCUT2D eigenvalue weighted by molar-refractivity contribution is 5.58. The van der Waals surface area contributed by atoms with Crippen molar-refractivity contribution in [2.24, 2.45) is 23.7 Å². The summed E-state index contributed by atoms with van der Waals surface area (Å²) >= 11 is 0. The minimum absolute atomic E-state index is 0.0444. The number of nitrogens with zero attached hydrogens (tertiary/aromatic N) is 2. The molecule has 2 saturated heterocycles. The lowest BCUT2D eigenvalue weighted by Gasteiger charge is -2.62. The summed E-state index contributed by atoms with van der Waals surface area (Å²) in [4.78, 5) is 24.9. The van der Waals surface area contributed by atoms with Crippen LogP contribution in [0.5, 0.6) is 0 Å². The Bertz CT molecular complexity index is 673. The van der Waals surface area contributed by atoms with Crippen molar-refractivity contribution in [2.75, 3.05) is 13.1 Å². The van der Waals surface area contributed by atoms with Crippen molar-refractivity contribution < 1.29 is 28.8 Å². The molecule has 2 unspecified atom stereocenters. The molecule has 6 rings (SSSR count). The molecule has 27 heavy (non-hydrogen) atoms. The Morgan fingerprint density at radius 3 is 1.70 bits per heavy atom. The summed E-state index contributed by atoms with van der Waals surface area (Å²) in [6.07, 6.45) is 4.68. The zero-order chi connectivity index (χ0) is 19.4. The molecule has 0 radical (unpaired) electrons. The van der Waals surface area contributed by atoms with Crippen LogP contribution >= 0.6 is 0 Å². The number of fused-ring (bicyclic) bond motifs is 2. The first-order chi connectivity index (χ1) is 12.6. The summed E-state index contributed by atoms with van der Waals surface area (Å²) in [7, 11) is 0. The van der Waals surface area contributed by atoms with Gasteiger partial charge in [0, 0.05) is 11.8 Å². The molecule has 6 heteroatoms. The third-order valence-corrected chi connectivity index (χ3v) is 9.40. The third kappa shape index (κ3) is 2.04. The van der Waals surface area contributed by atoms with Gasteiger partial charge in [-0.05, 0) is 64.7 Å². The van der Waals surface area contributed by atoms with Gasteiger partial charge in [0.15, 0.2) is 12.1 Å². The van der Waals surface area contributed by atoms with Gasteiger partial charge in [0.05, 0.1) is 12.0 Å². The molecule has 0 N–H and O–H groups in total. The number of carbonyl (C=O) groups excluding carboxylic acids is 2. The zero-order valence-electron chi connectivity index (χ0n) is 16.7. The minimum atomic E-state index is -1.05. The summed E-state index contributed by atoms with van der Waals surface area (Å²) in [5.41, 5.74) is -0.496. The van der Waals surface area contributed by atoms with Gasteiger partial charge >= 0.3 is 0 Å². The number of hydrogen-bond donors (Lipinski definition) is 0. The first-order valence-electron chi connectivity index (χ1n) is 10.8. The standard InChI is InChI=1S/C21H32N2O4/c1-21(2,3)23(20(26)27)11-16-9-17(23)10-22(16,19(24)25)18-14-5-12-4-13(7-14)8-15(18)6-12/h12-18H,4-11H2,1-3H3/t12?,13?,14?,15?,16-,17-,18?,22?,23?/m0/s1. The number of piperazine rings is 1. The predicted molar refractivity (Wildman–Crippen MR) is 93.8 cm³/mol. The highest BCUT2D eigenvalue weighted by Gasteiger charge is 2.73. The monoisotopic (exact) mass is 376 g/mol. The van der Waals surface area contributed by atoms with E-state index in [9.17, 15) is 19.8 Å². The van der Waals surface area contributed by atoms with Gasteiger partial charge in [-0.15, -0.1) is 0 Å². The second-order valence-electron chi connectivity index (χ2n) is 11.3. The maximum atomic E-state index is 12.7. The normalized spacial score (nSPS) is 53.1. The van der Waals surface area contributed by atoms with Crippen LogP contribution in [0.2, 0.25) is 0 Å². The van der Waals surface area contributed by atoms with E-state index in [0.717, 1.165) is 11.8 Å². The summed E-state index contributed by atoms with van der Waals surface area (Å²) < 4.78 is -0.0545. The molecule has 6 bridgehead atoms. The van der Waals surface area contributed by atoms with E-state index in [1.54, 1.807) is 0 Å². The Morgan fingerprint density at radius 2 is 1.33 bits per heavy atom. The molecule has 4 aliphatic carbocycles. The smallest absolute Gasteiger partial charge is 0.258 e. The number of amides is 2. The maximum absolute atomic E-state index is 12.7. The quantitative estimate of drug-likeness (QED) is 0.642. The fourth-order valence-electron chi connectivity index (χ4n) is 8.77. The van der Waals surface area contributed by atoms with Crippen molar-refractivity contribution in [1.29, 1.82) is 0 Å². The lowest BCUT2D eigenvalue weighted by Crippen LogP contribution is -2.81. The number of carboxylic acid groups (broad SMARTS) is 2. The van der Waals surface area contributed by atoms with Crippen molar-refractivity contribution in [1.82, 2.24) is 0 Å². The van der Waals surface area contributed by atoms with Crippen LogP contribution in [0.1, 0.15) is 59.3 Å². The lowest BCUT2D eigenvalue weighted by molar-refractivity contribution is -1.02. The molecular formula is C21H32N2O4. The maximum Gasteiger partial charge on any atom is 0.258 e. The summed E-state index contributed by atoms with van der Waals surface area (Å²) in [5.74, 6) is 2.55. The van der Waals surface area contributed by atoms with E-state index < -0.39 is 17.7 Å². The molecule has 150 valence electrons. The van der Waals surface area contributed by atoms with Crippen molar-refractivity contribution in [3.63, 3.8) is 0 Å². The topological polar surface area (TPSA) is 80.3 Å². The predicted octanol–water partition coefficient (Wildman–Crippen LogP) is 1.08. The largest absolute Gasteiger partial charge is 0.498 e. The summed E-state index contributed by atoms with van der Waals surface area (Å²) in [6.45, 7) is 6.61. The first kappa shape index (κ1) is 17.9. The van der Waals surface area contributed by atoms with Gasteiger partial charge in [-0.2, -0.15) is 0 Å². The molecule has 2 aliphatic heterocycles. The van der Waals surface area contributed by atoms with Crippen molar-refractivity contribution in [2.45, 2.75) is 83.0 Å². The average Bonchev–Trinajstić information content (AvgIpc) is 3.10. The summed E-state index contributed by atoms with van der Waals surface area (Å²) in [6, 6.07) is -0.198. The van der Waals surface area contributed by atoms with Crippen LogP contribution in [0.3, 0.4) is 0 Å². The van der Waals surface area contributed by atoms with Gasteiger partial charge in [0.25, 0.3) is 12.2 Å².